The normalized spacial score (nSPS) is 22.3. The Morgan fingerprint density at radius 3 is 2.42 bits per heavy atom. The molecule has 0 radical (unpaired) electrons. The van der Waals surface area contributed by atoms with E-state index >= 15 is 0 Å². The summed E-state index contributed by atoms with van der Waals surface area (Å²) in [6.45, 7) is 5.02. The second kappa shape index (κ2) is 3.03. The molecule has 0 amide bonds. The molecule has 1 fully saturated rings. The molecular formula is C8H15NO3. The van der Waals surface area contributed by atoms with Crippen LogP contribution in [0.3, 0.4) is 0 Å². The van der Waals surface area contributed by atoms with E-state index < -0.39 is 11.6 Å². The van der Waals surface area contributed by atoms with Crippen LogP contribution in [0.15, 0.2) is 0 Å². The highest BCUT2D eigenvalue weighted by molar-refractivity contribution is 5.68. The number of likely N-dealkylation sites (tertiary alicyclic amines) is 1. The van der Waals surface area contributed by atoms with Crippen molar-refractivity contribution < 1.29 is 15.0 Å². The summed E-state index contributed by atoms with van der Waals surface area (Å²) in [4.78, 5) is 12.4. The molecule has 12 heavy (non-hydrogen) atoms. The third-order valence-corrected chi connectivity index (χ3v) is 2.21. The van der Waals surface area contributed by atoms with E-state index in [0.717, 1.165) is 0 Å². The van der Waals surface area contributed by atoms with Gasteiger partial charge < -0.3 is 10.2 Å². The number of carboxylic acid groups (broad SMARTS) is 1. The van der Waals surface area contributed by atoms with E-state index in [1.54, 1.807) is 0 Å². The van der Waals surface area contributed by atoms with Gasteiger partial charge in [0.15, 0.2) is 0 Å². The number of β-amino-alcohol motifs (C(OH)–C–C–N with tert-alkyl or cyclic N) is 1. The molecule has 0 aromatic carbocycles. The van der Waals surface area contributed by atoms with Gasteiger partial charge >= 0.3 is 5.97 Å². The van der Waals surface area contributed by atoms with Crippen molar-refractivity contribution >= 4 is 5.97 Å². The van der Waals surface area contributed by atoms with Gasteiger partial charge in [-0.3, -0.25) is 9.69 Å². The van der Waals surface area contributed by atoms with Crippen molar-refractivity contribution in [2.45, 2.75) is 31.9 Å². The smallest absolute Gasteiger partial charge is 0.306 e. The number of rotatable bonds is 3. The lowest BCUT2D eigenvalue weighted by atomic mass is 9.89. The van der Waals surface area contributed by atoms with E-state index in [2.05, 4.69) is 0 Å². The van der Waals surface area contributed by atoms with E-state index in [9.17, 15) is 9.90 Å². The molecule has 2 N–H and O–H groups in total. The molecule has 0 unspecified atom stereocenters. The number of hydrogen-bond acceptors (Lipinski definition) is 3. The first-order chi connectivity index (χ1) is 5.43. The Kier molecular flexibility index (Phi) is 2.39. The Balaban J connectivity index is 2.35. The van der Waals surface area contributed by atoms with Gasteiger partial charge in [-0.25, -0.2) is 0 Å². The van der Waals surface area contributed by atoms with Crippen LogP contribution in [0.1, 0.15) is 20.3 Å². The molecule has 0 aliphatic carbocycles. The van der Waals surface area contributed by atoms with E-state index in [1.165, 1.54) is 0 Å². The average Bonchev–Trinajstić information content (AvgIpc) is 1.80. The molecular weight excluding hydrogens is 158 g/mol. The summed E-state index contributed by atoms with van der Waals surface area (Å²) >= 11 is 0. The second-order valence-corrected chi connectivity index (χ2v) is 3.79. The standard InChI is InChI=1S/C8H15NO3/c1-6(2)9-4-8(12,5-9)3-7(10)11/h6,12H,3-5H2,1-2H3,(H,10,11). The zero-order chi connectivity index (χ0) is 9.35. The SMILES string of the molecule is CC(C)N1CC(O)(CC(=O)O)C1. The predicted octanol–water partition coefficient (Wildman–Crippen LogP) is -0.0838. The van der Waals surface area contributed by atoms with E-state index in [-0.39, 0.29) is 6.42 Å². The molecule has 0 atom stereocenters. The monoisotopic (exact) mass is 173 g/mol. The topological polar surface area (TPSA) is 60.8 Å². The largest absolute Gasteiger partial charge is 0.481 e. The van der Waals surface area contributed by atoms with Crippen molar-refractivity contribution in [2.24, 2.45) is 0 Å². The van der Waals surface area contributed by atoms with Gasteiger partial charge in [0.25, 0.3) is 0 Å². The number of aliphatic hydroxyl groups is 1. The van der Waals surface area contributed by atoms with Crippen LogP contribution in [0.4, 0.5) is 0 Å². The highest BCUT2D eigenvalue weighted by Gasteiger charge is 2.43. The summed E-state index contributed by atoms with van der Waals surface area (Å²) in [5.74, 6) is -0.930. The quantitative estimate of drug-likeness (QED) is 0.626. The number of aliphatic carboxylic acids is 1. The lowest BCUT2D eigenvalue weighted by Gasteiger charge is -2.48. The van der Waals surface area contributed by atoms with Crippen LogP contribution in [0.25, 0.3) is 0 Å². The first kappa shape index (κ1) is 9.48. The van der Waals surface area contributed by atoms with Crippen LogP contribution >= 0.6 is 0 Å². The fourth-order valence-corrected chi connectivity index (χ4v) is 1.47. The van der Waals surface area contributed by atoms with E-state index in [4.69, 9.17) is 5.11 Å². The molecule has 0 bridgehead atoms. The minimum Gasteiger partial charge on any atom is -0.481 e. The zero-order valence-corrected chi connectivity index (χ0v) is 7.45. The van der Waals surface area contributed by atoms with Crippen LogP contribution < -0.4 is 0 Å². The van der Waals surface area contributed by atoms with Crippen LogP contribution in [-0.2, 0) is 4.79 Å². The molecule has 4 nitrogen and oxygen atoms in total. The molecule has 0 saturated carbocycles. The summed E-state index contributed by atoms with van der Waals surface area (Å²) in [6, 6.07) is 0.388. The molecule has 0 spiro atoms. The first-order valence-corrected chi connectivity index (χ1v) is 4.11. The Bertz CT molecular complexity index is 185. The van der Waals surface area contributed by atoms with Crippen molar-refractivity contribution in [2.75, 3.05) is 13.1 Å². The van der Waals surface area contributed by atoms with Gasteiger partial charge in [-0.15, -0.1) is 0 Å². The Hall–Kier alpha value is -0.610. The third kappa shape index (κ3) is 1.95. The lowest BCUT2D eigenvalue weighted by Crippen LogP contribution is -2.64. The summed E-state index contributed by atoms with van der Waals surface area (Å²) in [5, 5.41) is 18.0. The van der Waals surface area contributed by atoms with Gasteiger partial charge in [-0.05, 0) is 13.8 Å². The first-order valence-electron chi connectivity index (χ1n) is 4.11. The maximum atomic E-state index is 10.3. The number of hydrogen-bond donors (Lipinski definition) is 2. The predicted molar refractivity (Wildman–Crippen MR) is 43.9 cm³/mol. The van der Waals surface area contributed by atoms with Gasteiger partial charge in [-0.2, -0.15) is 0 Å². The van der Waals surface area contributed by atoms with Gasteiger partial charge in [0.2, 0.25) is 0 Å². The maximum absolute atomic E-state index is 10.3. The van der Waals surface area contributed by atoms with E-state index in [1.807, 2.05) is 18.7 Å². The van der Waals surface area contributed by atoms with Crippen molar-refractivity contribution in [1.29, 1.82) is 0 Å². The molecule has 1 aliphatic rings. The maximum Gasteiger partial charge on any atom is 0.306 e. The molecule has 0 aromatic rings. The lowest BCUT2D eigenvalue weighted by molar-refractivity contribution is -0.156. The van der Waals surface area contributed by atoms with Crippen LogP contribution in [-0.4, -0.2) is 45.8 Å². The highest BCUT2D eigenvalue weighted by atomic mass is 16.4. The molecule has 1 aliphatic heterocycles. The van der Waals surface area contributed by atoms with Gasteiger partial charge in [-0.1, -0.05) is 0 Å². The summed E-state index contributed by atoms with van der Waals surface area (Å²) < 4.78 is 0. The van der Waals surface area contributed by atoms with Crippen LogP contribution in [0.2, 0.25) is 0 Å². The molecule has 70 valence electrons. The third-order valence-electron chi connectivity index (χ3n) is 2.21. The average molecular weight is 173 g/mol. The fourth-order valence-electron chi connectivity index (χ4n) is 1.47. The highest BCUT2D eigenvalue weighted by Crippen LogP contribution is 2.25. The molecule has 1 heterocycles. The molecule has 1 saturated heterocycles. The minimum atomic E-state index is -0.976. The summed E-state index contributed by atoms with van der Waals surface area (Å²) in [5.41, 5.74) is -0.976. The molecule has 1 rings (SSSR count). The number of carbonyl (C=O) groups is 1. The van der Waals surface area contributed by atoms with Crippen LogP contribution in [0.5, 0.6) is 0 Å². The fraction of sp³-hybridized carbons (Fsp3) is 0.875. The van der Waals surface area contributed by atoms with Crippen molar-refractivity contribution in [1.82, 2.24) is 4.90 Å². The van der Waals surface area contributed by atoms with Gasteiger partial charge in [0, 0.05) is 19.1 Å². The minimum absolute atomic E-state index is 0.143. The van der Waals surface area contributed by atoms with Gasteiger partial charge in [0.1, 0.15) is 5.60 Å². The van der Waals surface area contributed by atoms with Crippen molar-refractivity contribution in [3.8, 4) is 0 Å². The van der Waals surface area contributed by atoms with Crippen molar-refractivity contribution in [3.63, 3.8) is 0 Å². The summed E-state index contributed by atoms with van der Waals surface area (Å²) in [7, 11) is 0. The van der Waals surface area contributed by atoms with Crippen molar-refractivity contribution in [3.05, 3.63) is 0 Å². The Morgan fingerprint density at radius 1 is 1.58 bits per heavy atom. The summed E-state index contributed by atoms with van der Waals surface area (Å²) in [6.07, 6.45) is -0.143. The van der Waals surface area contributed by atoms with Crippen LogP contribution in [0, 0.1) is 0 Å². The van der Waals surface area contributed by atoms with E-state index in [0.29, 0.717) is 19.1 Å². The zero-order valence-electron chi connectivity index (χ0n) is 7.45. The number of carboxylic acids is 1. The number of nitrogens with zero attached hydrogens (tertiary/aromatic N) is 1. The Labute approximate surface area is 71.8 Å². The van der Waals surface area contributed by atoms with Gasteiger partial charge in [0.05, 0.1) is 6.42 Å². The Morgan fingerprint density at radius 2 is 2.08 bits per heavy atom. The second-order valence-electron chi connectivity index (χ2n) is 3.79. The molecule has 0 aromatic heterocycles. The molecule has 4 heteroatoms.